The number of hydrogen-bond donors (Lipinski definition) is 2. The maximum atomic E-state index is 5.65. The Balaban J connectivity index is 2.01. The molecule has 0 amide bonds. The fourth-order valence-electron chi connectivity index (χ4n) is 1.79. The monoisotopic (exact) mass is 388 g/mol. The van der Waals surface area contributed by atoms with Gasteiger partial charge in [0.15, 0.2) is 0 Å². The summed E-state index contributed by atoms with van der Waals surface area (Å²) in [6.45, 7) is 0. The number of nitrogens with one attached hydrogen (secondary N) is 1. The van der Waals surface area contributed by atoms with Crippen molar-refractivity contribution in [1.82, 2.24) is 5.43 Å². The second-order valence-corrected chi connectivity index (χ2v) is 6.86. The molecule has 2 aromatic rings. The van der Waals surface area contributed by atoms with Crippen LogP contribution in [0.25, 0.3) is 0 Å². The van der Waals surface area contributed by atoms with Crippen LogP contribution >= 0.6 is 43.2 Å². The molecule has 3 N–H and O–H groups in total. The normalized spacial score (nSPS) is 12.6. The van der Waals surface area contributed by atoms with Crippen molar-refractivity contribution in [1.29, 1.82) is 0 Å². The van der Waals surface area contributed by atoms with Crippen LogP contribution in [0.1, 0.15) is 10.4 Å². The van der Waals surface area contributed by atoms with E-state index in [1.54, 1.807) is 11.3 Å². The zero-order chi connectivity index (χ0) is 13.0. The molecule has 0 saturated heterocycles. The van der Waals surface area contributed by atoms with Crippen LogP contribution in [0.3, 0.4) is 0 Å². The third kappa shape index (κ3) is 3.90. The number of thiophene rings is 1. The molecule has 1 atom stereocenters. The van der Waals surface area contributed by atoms with E-state index in [1.807, 2.05) is 0 Å². The second kappa shape index (κ2) is 6.82. The van der Waals surface area contributed by atoms with E-state index >= 15 is 0 Å². The smallest absolute Gasteiger partial charge is 0.0314 e. The molecule has 0 aliphatic heterocycles. The maximum absolute atomic E-state index is 5.65. The summed E-state index contributed by atoms with van der Waals surface area (Å²) in [4.78, 5) is 1.33. The number of nitrogens with two attached hydrogens (primary N) is 1. The van der Waals surface area contributed by atoms with Crippen molar-refractivity contribution in [2.24, 2.45) is 5.84 Å². The molecule has 18 heavy (non-hydrogen) atoms. The van der Waals surface area contributed by atoms with Gasteiger partial charge in [-0.1, -0.05) is 28.1 Å². The molecular weight excluding hydrogens is 376 g/mol. The lowest BCUT2D eigenvalue weighted by Gasteiger charge is -2.15. The summed E-state index contributed by atoms with van der Waals surface area (Å²) in [5.41, 5.74) is 4.19. The molecule has 0 aliphatic rings. The molecule has 0 fully saturated rings. The van der Waals surface area contributed by atoms with Crippen LogP contribution in [0.5, 0.6) is 0 Å². The summed E-state index contributed by atoms with van der Waals surface area (Å²) in [6, 6.07) is 10.7. The highest BCUT2D eigenvalue weighted by Gasteiger charge is 2.11. The van der Waals surface area contributed by atoms with Gasteiger partial charge in [0, 0.05) is 19.9 Å². The molecule has 1 heterocycles. The van der Waals surface area contributed by atoms with Gasteiger partial charge in [-0.25, -0.2) is 0 Å². The summed E-state index contributed by atoms with van der Waals surface area (Å²) in [5, 5.41) is 2.09. The minimum atomic E-state index is 0.251. The minimum Gasteiger partial charge on any atom is -0.271 e. The van der Waals surface area contributed by atoms with Gasteiger partial charge in [0.25, 0.3) is 0 Å². The van der Waals surface area contributed by atoms with E-state index in [1.165, 1.54) is 14.9 Å². The number of halogens is 2. The summed E-state index contributed by atoms with van der Waals surface area (Å²) in [6.07, 6.45) is 1.86. The quantitative estimate of drug-likeness (QED) is 0.601. The van der Waals surface area contributed by atoms with Crippen molar-refractivity contribution in [2.75, 3.05) is 0 Å². The molecule has 0 spiro atoms. The van der Waals surface area contributed by atoms with Gasteiger partial charge in [-0.15, -0.1) is 11.3 Å². The Bertz CT molecular complexity index is 496. The Morgan fingerprint density at radius 1 is 1.11 bits per heavy atom. The summed E-state index contributed by atoms with van der Waals surface area (Å²) < 4.78 is 2.27. The third-order valence-electron chi connectivity index (χ3n) is 2.75. The Hall–Kier alpha value is -0.200. The number of rotatable bonds is 5. The van der Waals surface area contributed by atoms with Crippen LogP contribution in [0.2, 0.25) is 0 Å². The second-order valence-electron chi connectivity index (χ2n) is 4.09. The van der Waals surface area contributed by atoms with E-state index in [0.29, 0.717) is 0 Å². The molecule has 96 valence electrons. The molecule has 2 rings (SSSR count). The van der Waals surface area contributed by atoms with Gasteiger partial charge in [-0.2, -0.15) is 0 Å². The molecule has 0 aliphatic carbocycles. The van der Waals surface area contributed by atoms with Crippen LogP contribution in [-0.4, -0.2) is 6.04 Å². The average molecular weight is 390 g/mol. The molecule has 1 aromatic heterocycles. The highest BCUT2D eigenvalue weighted by molar-refractivity contribution is 9.10. The molecule has 0 radical (unpaired) electrons. The lowest BCUT2D eigenvalue weighted by Crippen LogP contribution is -2.38. The predicted octanol–water partition coefficient (Wildman–Crippen LogP) is 3.89. The molecular formula is C13H14Br2N2S. The Morgan fingerprint density at radius 2 is 1.83 bits per heavy atom. The van der Waals surface area contributed by atoms with Gasteiger partial charge in [0.2, 0.25) is 0 Å². The first-order chi connectivity index (χ1) is 8.69. The number of hydrogen-bond acceptors (Lipinski definition) is 3. The number of benzene rings is 1. The van der Waals surface area contributed by atoms with Crippen LogP contribution in [0, 0.1) is 0 Å². The molecule has 2 nitrogen and oxygen atoms in total. The zero-order valence-corrected chi connectivity index (χ0v) is 13.7. The van der Waals surface area contributed by atoms with Crippen LogP contribution in [0.15, 0.2) is 44.7 Å². The van der Waals surface area contributed by atoms with E-state index < -0.39 is 0 Å². The first-order valence-corrected chi connectivity index (χ1v) is 8.08. The lowest BCUT2D eigenvalue weighted by atomic mass is 10.0. The van der Waals surface area contributed by atoms with Crippen molar-refractivity contribution in [3.05, 3.63) is 55.1 Å². The molecule has 5 heteroatoms. The Morgan fingerprint density at radius 3 is 2.39 bits per heavy atom. The molecule has 0 bridgehead atoms. The lowest BCUT2D eigenvalue weighted by molar-refractivity contribution is 0.525. The standard InChI is InChI=1S/C13H14Br2N2S/c14-10-3-1-9(2-4-10)7-11(17-16)8-13-12(15)5-6-18-13/h1-6,11,17H,7-8,16H2. The van der Waals surface area contributed by atoms with Crippen LogP contribution < -0.4 is 11.3 Å². The van der Waals surface area contributed by atoms with Crippen molar-refractivity contribution in [3.63, 3.8) is 0 Å². The summed E-state index contributed by atoms with van der Waals surface area (Å²) in [7, 11) is 0. The Labute approximate surface area is 128 Å². The molecule has 1 aromatic carbocycles. The topological polar surface area (TPSA) is 38.0 Å². The molecule has 1 unspecified atom stereocenters. The Kier molecular flexibility index (Phi) is 5.38. The van der Waals surface area contributed by atoms with E-state index in [4.69, 9.17) is 5.84 Å². The highest BCUT2D eigenvalue weighted by atomic mass is 79.9. The van der Waals surface area contributed by atoms with Gasteiger partial charge in [-0.05, 0) is 57.9 Å². The van der Waals surface area contributed by atoms with Crippen molar-refractivity contribution in [3.8, 4) is 0 Å². The highest BCUT2D eigenvalue weighted by Crippen LogP contribution is 2.24. The first kappa shape index (κ1) is 14.2. The summed E-state index contributed by atoms with van der Waals surface area (Å²) >= 11 is 8.75. The zero-order valence-electron chi connectivity index (χ0n) is 9.70. The van der Waals surface area contributed by atoms with Gasteiger partial charge in [0.05, 0.1) is 0 Å². The third-order valence-corrected chi connectivity index (χ3v) is 5.23. The minimum absolute atomic E-state index is 0.251. The van der Waals surface area contributed by atoms with E-state index in [9.17, 15) is 0 Å². The van der Waals surface area contributed by atoms with Gasteiger partial charge < -0.3 is 0 Å². The van der Waals surface area contributed by atoms with Gasteiger partial charge in [-0.3, -0.25) is 11.3 Å². The van der Waals surface area contributed by atoms with Crippen LogP contribution in [-0.2, 0) is 12.8 Å². The maximum Gasteiger partial charge on any atom is 0.0314 e. The van der Waals surface area contributed by atoms with E-state index in [-0.39, 0.29) is 6.04 Å². The predicted molar refractivity (Wildman–Crippen MR) is 84.7 cm³/mol. The number of hydrazine groups is 1. The van der Waals surface area contributed by atoms with Gasteiger partial charge in [0.1, 0.15) is 0 Å². The average Bonchev–Trinajstić information content (AvgIpc) is 2.77. The van der Waals surface area contributed by atoms with Crippen LogP contribution in [0.4, 0.5) is 0 Å². The fourth-order valence-corrected chi connectivity index (χ4v) is 3.65. The van der Waals surface area contributed by atoms with Gasteiger partial charge >= 0.3 is 0 Å². The fraction of sp³-hybridized carbons (Fsp3) is 0.231. The largest absolute Gasteiger partial charge is 0.271 e. The van der Waals surface area contributed by atoms with Crippen molar-refractivity contribution in [2.45, 2.75) is 18.9 Å². The first-order valence-electron chi connectivity index (χ1n) is 5.61. The van der Waals surface area contributed by atoms with E-state index in [2.05, 4.69) is 73.0 Å². The molecule has 0 saturated carbocycles. The van der Waals surface area contributed by atoms with Crippen molar-refractivity contribution >= 4 is 43.2 Å². The SMILES string of the molecule is NNC(Cc1ccc(Br)cc1)Cc1sccc1Br. The van der Waals surface area contributed by atoms with Crippen molar-refractivity contribution < 1.29 is 0 Å². The summed E-state index contributed by atoms with van der Waals surface area (Å²) in [5.74, 6) is 5.65. The van der Waals surface area contributed by atoms with E-state index in [0.717, 1.165) is 17.3 Å².